The van der Waals surface area contributed by atoms with Crippen molar-refractivity contribution < 1.29 is 24.2 Å². The molecule has 0 saturated carbocycles. The molecule has 0 aliphatic heterocycles. The van der Waals surface area contributed by atoms with E-state index in [1.807, 2.05) is 12.2 Å². The zero-order valence-corrected chi connectivity index (χ0v) is 10.4. The molecular formula is C11H15N3O5. The summed E-state index contributed by atoms with van der Waals surface area (Å²) in [7, 11) is 0. The van der Waals surface area contributed by atoms with E-state index in [1.165, 1.54) is 12.1 Å². The molecule has 0 aliphatic carbocycles. The number of ether oxygens (including phenoxy) is 2. The molecule has 0 bridgehead atoms. The van der Waals surface area contributed by atoms with Gasteiger partial charge in [0.1, 0.15) is 0 Å². The summed E-state index contributed by atoms with van der Waals surface area (Å²) in [6.07, 6.45) is -0.296. The van der Waals surface area contributed by atoms with Crippen molar-refractivity contribution in [2.45, 2.75) is 13.3 Å². The van der Waals surface area contributed by atoms with Crippen LogP contribution in [0.5, 0.6) is 17.5 Å². The second kappa shape index (κ2) is 7.17. The highest BCUT2D eigenvalue weighted by atomic mass is 16.6. The van der Waals surface area contributed by atoms with Gasteiger partial charge in [-0.25, -0.2) is 4.79 Å². The Morgan fingerprint density at radius 2 is 2.21 bits per heavy atom. The minimum absolute atomic E-state index is 0.201. The maximum absolute atomic E-state index is 11.3. The molecule has 8 nitrogen and oxygen atoms in total. The Labute approximate surface area is 109 Å². The van der Waals surface area contributed by atoms with Gasteiger partial charge in [-0.15, -0.1) is 0 Å². The van der Waals surface area contributed by atoms with E-state index in [2.05, 4.69) is 9.72 Å². The molecule has 4 N–H and O–H groups in total. The number of nitrogens with one attached hydrogen (secondary N) is 1. The number of carbonyl (C=O) groups excluding carboxylic acids is 2. The van der Waals surface area contributed by atoms with Gasteiger partial charge >= 0.3 is 6.09 Å². The van der Waals surface area contributed by atoms with Gasteiger partial charge in [-0.3, -0.25) is 10.1 Å². The molecule has 0 unspecified atom stereocenters. The number of nitrogens with two attached hydrogens (primary N) is 1. The molecule has 1 rings (SSSR count). The number of rotatable bonds is 5. The van der Waals surface area contributed by atoms with E-state index in [-0.39, 0.29) is 24.1 Å². The third kappa shape index (κ3) is 4.80. The van der Waals surface area contributed by atoms with E-state index in [0.717, 1.165) is 6.42 Å². The van der Waals surface area contributed by atoms with Gasteiger partial charge in [0.05, 0.1) is 13.2 Å². The maximum Gasteiger partial charge on any atom is 0.420 e. The van der Waals surface area contributed by atoms with Crippen molar-refractivity contribution >= 4 is 12.0 Å². The van der Waals surface area contributed by atoms with E-state index in [1.54, 1.807) is 0 Å². The largest absolute Gasteiger partial charge is 0.503 e. The van der Waals surface area contributed by atoms with Gasteiger partial charge in [-0.2, -0.15) is 4.98 Å². The van der Waals surface area contributed by atoms with Crippen LogP contribution in [0, 0.1) is 0 Å². The fraction of sp³-hybridized carbons (Fsp3) is 0.364. The van der Waals surface area contributed by atoms with Crippen molar-refractivity contribution in [1.29, 1.82) is 0 Å². The molecule has 19 heavy (non-hydrogen) atoms. The summed E-state index contributed by atoms with van der Waals surface area (Å²) in [6, 6.07) is 2.70. The third-order valence-corrected chi connectivity index (χ3v) is 1.88. The summed E-state index contributed by atoms with van der Waals surface area (Å²) in [6.45, 7) is 2.01. The molecule has 1 heterocycles. The molecule has 2 amide bonds. The van der Waals surface area contributed by atoms with Crippen LogP contribution in [0.1, 0.15) is 13.3 Å². The number of hydrogen-bond donors (Lipinski definition) is 3. The van der Waals surface area contributed by atoms with Crippen LogP contribution >= 0.6 is 0 Å². The first-order valence-electron chi connectivity index (χ1n) is 5.61. The summed E-state index contributed by atoms with van der Waals surface area (Å²) in [5, 5.41) is 11.3. The quantitative estimate of drug-likeness (QED) is 0.695. The van der Waals surface area contributed by atoms with Crippen molar-refractivity contribution in [3.63, 3.8) is 0 Å². The van der Waals surface area contributed by atoms with Gasteiger partial charge in [0.2, 0.25) is 11.8 Å². The molecular weight excluding hydrogens is 254 g/mol. The van der Waals surface area contributed by atoms with Crippen molar-refractivity contribution in [3.8, 4) is 17.5 Å². The number of pyridine rings is 1. The molecule has 0 saturated heterocycles. The minimum Gasteiger partial charge on any atom is -0.503 e. The van der Waals surface area contributed by atoms with E-state index in [9.17, 15) is 14.7 Å². The number of imide groups is 1. The van der Waals surface area contributed by atoms with Crippen molar-refractivity contribution in [3.05, 3.63) is 12.1 Å². The Hall–Kier alpha value is -2.35. The highest BCUT2D eigenvalue weighted by molar-refractivity contribution is 5.93. The number of aromatic nitrogens is 1. The number of aromatic hydroxyl groups is 1. The van der Waals surface area contributed by atoms with Crippen molar-refractivity contribution in [2.24, 2.45) is 5.73 Å². The lowest BCUT2D eigenvalue weighted by Crippen LogP contribution is -2.37. The summed E-state index contributed by atoms with van der Waals surface area (Å²) >= 11 is 0. The molecule has 1 aromatic heterocycles. The number of carbonyl (C=O) groups is 2. The van der Waals surface area contributed by atoms with E-state index < -0.39 is 12.0 Å². The maximum atomic E-state index is 11.3. The van der Waals surface area contributed by atoms with Gasteiger partial charge in [0, 0.05) is 6.07 Å². The average Bonchev–Trinajstić information content (AvgIpc) is 2.39. The molecule has 0 radical (unpaired) electrons. The van der Waals surface area contributed by atoms with Crippen LogP contribution in [-0.4, -0.2) is 35.2 Å². The lowest BCUT2D eigenvalue weighted by atomic mass is 10.4. The van der Waals surface area contributed by atoms with Crippen molar-refractivity contribution in [2.75, 3.05) is 13.2 Å². The summed E-state index contributed by atoms with van der Waals surface area (Å²) in [4.78, 5) is 25.9. The molecule has 0 spiro atoms. The predicted molar refractivity (Wildman–Crippen MR) is 64.9 cm³/mol. The third-order valence-electron chi connectivity index (χ3n) is 1.88. The average molecular weight is 269 g/mol. The smallest absolute Gasteiger partial charge is 0.420 e. The monoisotopic (exact) mass is 269 g/mol. The first-order valence-corrected chi connectivity index (χ1v) is 5.61. The second-order valence-corrected chi connectivity index (χ2v) is 3.46. The molecule has 0 aliphatic rings. The zero-order chi connectivity index (χ0) is 14.3. The fourth-order valence-electron chi connectivity index (χ4n) is 1.06. The summed E-state index contributed by atoms with van der Waals surface area (Å²) in [5.74, 6) is -1.20. The molecule has 0 aromatic carbocycles. The molecule has 0 atom stereocenters. The van der Waals surface area contributed by atoms with Crippen LogP contribution in [0.4, 0.5) is 4.79 Å². The van der Waals surface area contributed by atoms with Gasteiger partial charge in [-0.05, 0) is 12.5 Å². The Kier molecular flexibility index (Phi) is 5.55. The van der Waals surface area contributed by atoms with Gasteiger partial charge in [-0.1, -0.05) is 6.92 Å². The lowest BCUT2D eigenvalue weighted by molar-refractivity contribution is -0.118. The second-order valence-electron chi connectivity index (χ2n) is 3.46. The lowest BCUT2D eigenvalue weighted by Gasteiger charge is -2.08. The SMILES string of the molecule is CCCOc1ccc(O)c(OC(=O)NC(=O)CN)n1. The minimum atomic E-state index is -1.08. The first kappa shape index (κ1) is 14.7. The Morgan fingerprint density at radius 3 is 2.84 bits per heavy atom. The van der Waals surface area contributed by atoms with Gasteiger partial charge in [0.15, 0.2) is 5.75 Å². The van der Waals surface area contributed by atoms with Crippen molar-refractivity contribution in [1.82, 2.24) is 10.3 Å². The van der Waals surface area contributed by atoms with Crippen LogP contribution < -0.4 is 20.5 Å². The first-order chi connectivity index (χ1) is 9.06. The molecule has 8 heteroatoms. The van der Waals surface area contributed by atoms with Gasteiger partial charge < -0.3 is 20.3 Å². The Morgan fingerprint density at radius 1 is 1.47 bits per heavy atom. The van der Waals surface area contributed by atoms with Gasteiger partial charge in [0.25, 0.3) is 5.88 Å². The number of hydrogen-bond acceptors (Lipinski definition) is 7. The van der Waals surface area contributed by atoms with E-state index in [4.69, 9.17) is 10.5 Å². The standard InChI is InChI=1S/C11H15N3O5/c1-2-5-18-9-4-3-7(15)10(14-9)19-11(17)13-8(16)6-12/h3-4,15H,2,5-6,12H2,1H3,(H,13,16,17). The highest BCUT2D eigenvalue weighted by Gasteiger charge is 2.13. The zero-order valence-electron chi connectivity index (χ0n) is 10.4. The van der Waals surface area contributed by atoms with Crippen LogP contribution in [0.2, 0.25) is 0 Å². The van der Waals surface area contributed by atoms with Crippen LogP contribution in [0.15, 0.2) is 12.1 Å². The Balaban J connectivity index is 2.70. The highest BCUT2D eigenvalue weighted by Crippen LogP contribution is 2.26. The summed E-state index contributed by atoms with van der Waals surface area (Å²) in [5.41, 5.74) is 5.02. The van der Waals surface area contributed by atoms with Crippen LogP contribution in [0.25, 0.3) is 0 Å². The predicted octanol–water partition coefficient (Wildman–Crippen LogP) is 0.150. The molecule has 0 fully saturated rings. The fourth-order valence-corrected chi connectivity index (χ4v) is 1.06. The summed E-state index contributed by atoms with van der Waals surface area (Å²) < 4.78 is 9.88. The molecule has 104 valence electrons. The number of nitrogens with zero attached hydrogens (tertiary/aromatic N) is 1. The number of amides is 2. The normalized spacial score (nSPS) is 9.79. The topological polar surface area (TPSA) is 124 Å². The van der Waals surface area contributed by atoms with E-state index >= 15 is 0 Å². The van der Waals surface area contributed by atoms with Crippen LogP contribution in [-0.2, 0) is 4.79 Å². The van der Waals surface area contributed by atoms with Crippen LogP contribution in [0.3, 0.4) is 0 Å². The molecule has 1 aromatic rings. The Bertz CT molecular complexity index is 464. The van der Waals surface area contributed by atoms with E-state index in [0.29, 0.717) is 6.61 Å².